The second-order valence-electron chi connectivity index (χ2n) is 16.0. The number of carbonyl (C=O) groups is 2. The van der Waals surface area contributed by atoms with E-state index in [1.807, 2.05) is 48.5 Å². The van der Waals surface area contributed by atoms with Gasteiger partial charge in [-0.25, -0.2) is 0 Å². The van der Waals surface area contributed by atoms with Crippen molar-refractivity contribution in [2.45, 2.75) is 87.1 Å². The van der Waals surface area contributed by atoms with Gasteiger partial charge < -0.3 is 70.0 Å². The zero-order valence-corrected chi connectivity index (χ0v) is 34.3. The van der Waals surface area contributed by atoms with Gasteiger partial charge in [-0.3, -0.25) is 9.59 Å². The third kappa shape index (κ3) is 10.8. The number of ether oxygens (including phenoxy) is 4. The van der Waals surface area contributed by atoms with E-state index in [1.165, 1.54) is 0 Å². The molecule has 16 nitrogen and oxygen atoms in total. The molecular weight excluding hydrogens is 833 g/mol. The van der Waals surface area contributed by atoms with Crippen LogP contribution >= 0.6 is 0 Å². The topological polar surface area (TPSA) is 273 Å². The van der Waals surface area contributed by atoms with Crippen molar-refractivity contribution in [2.24, 2.45) is 0 Å². The number of aliphatic hydroxyl groups is 8. The molecule has 5 aromatic rings. The fraction of sp³-hybridized carbons (Fsp3) is 0.333. The SMILES string of the molecule is O=C(O)Cc1cccc(-c2cc(Cc3cccc(Cc4ccc(O[C@H]5O[C@H](CO)[C@@H](O)[C@@H](O)[C@@H]5O)c(-c5cccc(CC(=O)O)c5)c4)c3)ccc2O[C@H]2O[C@H](CO)[C@@H](O)[C@@H](O)[C@@H]2O)c1. The number of rotatable bonds is 16. The average Bonchev–Trinajstić information content (AvgIpc) is 3.27. The van der Waals surface area contributed by atoms with Crippen molar-refractivity contribution in [3.05, 3.63) is 143 Å². The Labute approximate surface area is 367 Å². The lowest BCUT2D eigenvalue weighted by Crippen LogP contribution is -2.60. The zero-order chi connectivity index (χ0) is 45.7. The van der Waals surface area contributed by atoms with Crippen molar-refractivity contribution < 1.29 is 79.6 Å². The molecule has 2 fully saturated rings. The largest absolute Gasteiger partial charge is 0.481 e. The molecule has 0 spiro atoms. The fourth-order valence-corrected chi connectivity index (χ4v) is 7.98. The standard InChI is InChI=1S/C48H50O16/c49-23-37-41(55)43(57)45(59)47(63-37)61-35-12-10-29(19-33(35)31-8-2-6-27(17-31)21-39(51)52)15-25-4-1-5-26(14-25)16-30-11-13-36(62-48-46(60)44(58)42(56)38(24-50)64-48)34(20-30)32-9-3-7-28(18-32)22-40(53)54/h1-14,17-20,37-38,41-50,55-60H,15-16,21-24H2,(H,51,52)(H,53,54)/t37-,38-,41-,42-,43-,44-,45+,46+,47+,48+/m1/s1. The summed E-state index contributed by atoms with van der Waals surface area (Å²) in [5.41, 5.74) is 6.91. The van der Waals surface area contributed by atoms with Gasteiger partial charge in [-0.05, 0) is 81.6 Å². The van der Waals surface area contributed by atoms with Gasteiger partial charge in [-0.2, -0.15) is 0 Å². The quantitative estimate of drug-likeness (QED) is 0.0677. The number of hydrogen-bond acceptors (Lipinski definition) is 14. The first-order chi connectivity index (χ1) is 30.7. The number of carboxylic acid groups (broad SMARTS) is 2. The monoisotopic (exact) mass is 882 g/mol. The van der Waals surface area contributed by atoms with Crippen molar-refractivity contribution in [2.75, 3.05) is 13.2 Å². The van der Waals surface area contributed by atoms with Gasteiger partial charge >= 0.3 is 11.9 Å². The van der Waals surface area contributed by atoms with Crippen LogP contribution < -0.4 is 9.47 Å². The first kappa shape index (κ1) is 46.2. The van der Waals surface area contributed by atoms with E-state index >= 15 is 0 Å². The van der Waals surface area contributed by atoms with Gasteiger partial charge in [-0.15, -0.1) is 0 Å². The molecule has 10 atom stereocenters. The summed E-state index contributed by atoms with van der Waals surface area (Å²) in [6.45, 7) is -1.27. The average molecular weight is 883 g/mol. The molecule has 338 valence electrons. The lowest BCUT2D eigenvalue weighted by atomic mass is 9.94. The van der Waals surface area contributed by atoms with E-state index in [9.17, 15) is 60.7 Å². The molecule has 0 aromatic heterocycles. The second kappa shape index (κ2) is 20.4. The maximum absolute atomic E-state index is 11.6. The smallest absolute Gasteiger partial charge is 0.307 e. The maximum atomic E-state index is 11.6. The van der Waals surface area contributed by atoms with E-state index in [1.54, 1.807) is 60.7 Å². The van der Waals surface area contributed by atoms with Crippen LogP contribution in [-0.4, -0.2) is 138 Å². The number of aliphatic carboxylic acids is 2. The lowest BCUT2D eigenvalue weighted by molar-refractivity contribution is -0.277. The highest BCUT2D eigenvalue weighted by Crippen LogP contribution is 2.37. The summed E-state index contributed by atoms with van der Waals surface area (Å²) in [5.74, 6) is -1.56. The molecule has 0 radical (unpaired) electrons. The fourth-order valence-electron chi connectivity index (χ4n) is 7.98. The summed E-state index contributed by atoms with van der Waals surface area (Å²) in [4.78, 5) is 23.1. The van der Waals surface area contributed by atoms with Gasteiger partial charge in [0, 0.05) is 11.1 Å². The Morgan fingerprint density at radius 2 is 0.828 bits per heavy atom. The van der Waals surface area contributed by atoms with Crippen LogP contribution in [0.25, 0.3) is 22.3 Å². The number of benzene rings is 5. The van der Waals surface area contributed by atoms with Crippen molar-refractivity contribution in [1.82, 2.24) is 0 Å². The summed E-state index contributed by atoms with van der Waals surface area (Å²) in [5, 5.41) is 101. The van der Waals surface area contributed by atoms with Crippen molar-refractivity contribution in [3.8, 4) is 33.8 Å². The van der Waals surface area contributed by atoms with Crippen LogP contribution in [0.5, 0.6) is 11.5 Å². The van der Waals surface area contributed by atoms with E-state index in [4.69, 9.17) is 18.9 Å². The molecule has 2 aliphatic rings. The molecule has 64 heavy (non-hydrogen) atoms. The zero-order valence-electron chi connectivity index (χ0n) is 34.3. The van der Waals surface area contributed by atoms with Gasteiger partial charge in [0.2, 0.25) is 12.6 Å². The Balaban J connectivity index is 1.17. The Morgan fingerprint density at radius 3 is 1.22 bits per heavy atom. The first-order valence-corrected chi connectivity index (χ1v) is 20.6. The normalized spacial score (nSPS) is 25.7. The molecule has 0 saturated carbocycles. The van der Waals surface area contributed by atoms with Crippen LogP contribution in [0.4, 0.5) is 0 Å². The minimum Gasteiger partial charge on any atom is -0.481 e. The Kier molecular flexibility index (Phi) is 14.7. The minimum absolute atomic E-state index is 0.226. The molecule has 5 aromatic carbocycles. The van der Waals surface area contributed by atoms with Gasteiger partial charge in [0.15, 0.2) is 0 Å². The van der Waals surface area contributed by atoms with E-state index in [2.05, 4.69) is 0 Å². The summed E-state index contributed by atoms with van der Waals surface area (Å²) in [6, 6.07) is 32.4. The van der Waals surface area contributed by atoms with E-state index in [0.717, 1.165) is 22.3 Å². The van der Waals surface area contributed by atoms with Crippen molar-refractivity contribution in [1.29, 1.82) is 0 Å². The molecule has 0 unspecified atom stereocenters. The summed E-state index contributed by atoms with van der Waals surface area (Å²) < 4.78 is 23.4. The Hall–Kier alpha value is -5.76. The van der Waals surface area contributed by atoms with Crippen LogP contribution in [0.2, 0.25) is 0 Å². The number of hydrogen-bond donors (Lipinski definition) is 10. The van der Waals surface area contributed by atoms with Crippen LogP contribution in [0, 0.1) is 0 Å². The van der Waals surface area contributed by atoms with Gasteiger partial charge in [0.05, 0.1) is 26.1 Å². The molecule has 7 rings (SSSR count). The minimum atomic E-state index is -1.66. The van der Waals surface area contributed by atoms with E-state index in [-0.39, 0.29) is 24.3 Å². The molecule has 16 heteroatoms. The highest BCUT2D eigenvalue weighted by atomic mass is 16.7. The highest BCUT2D eigenvalue weighted by molar-refractivity contribution is 5.76. The van der Waals surface area contributed by atoms with Gasteiger partial charge in [-0.1, -0.05) is 84.9 Å². The van der Waals surface area contributed by atoms with Crippen LogP contribution in [0.3, 0.4) is 0 Å². The third-order valence-corrected chi connectivity index (χ3v) is 11.3. The number of aliphatic hydroxyl groups excluding tert-OH is 8. The van der Waals surface area contributed by atoms with E-state index < -0.39 is 86.6 Å². The molecule has 2 saturated heterocycles. The first-order valence-electron chi connectivity index (χ1n) is 20.6. The van der Waals surface area contributed by atoms with Crippen LogP contribution in [0.1, 0.15) is 33.4 Å². The van der Waals surface area contributed by atoms with E-state index in [0.29, 0.717) is 46.2 Å². The molecule has 0 amide bonds. The summed E-state index contributed by atoms with van der Waals surface area (Å²) in [6.07, 6.45) is -14.6. The van der Waals surface area contributed by atoms with Gasteiger partial charge in [0.25, 0.3) is 0 Å². The van der Waals surface area contributed by atoms with Crippen LogP contribution in [0.15, 0.2) is 109 Å². The molecule has 10 N–H and O–H groups in total. The molecule has 2 heterocycles. The predicted octanol–water partition coefficient (Wildman–Crippen LogP) is 1.81. The van der Waals surface area contributed by atoms with Crippen molar-refractivity contribution >= 4 is 11.9 Å². The highest BCUT2D eigenvalue weighted by Gasteiger charge is 2.46. The maximum Gasteiger partial charge on any atom is 0.307 e. The van der Waals surface area contributed by atoms with Crippen molar-refractivity contribution in [3.63, 3.8) is 0 Å². The van der Waals surface area contributed by atoms with Crippen LogP contribution in [-0.2, 0) is 44.7 Å². The molecule has 2 aliphatic heterocycles. The molecule has 0 bridgehead atoms. The predicted molar refractivity (Wildman–Crippen MR) is 227 cm³/mol. The second-order valence-corrected chi connectivity index (χ2v) is 16.0. The molecular formula is C48H50O16. The lowest BCUT2D eigenvalue weighted by Gasteiger charge is -2.39. The summed E-state index contributed by atoms with van der Waals surface area (Å²) in [7, 11) is 0. The molecule has 0 aliphatic carbocycles. The summed E-state index contributed by atoms with van der Waals surface area (Å²) >= 11 is 0. The number of carboxylic acids is 2. The third-order valence-electron chi connectivity index (χ3n) is 11.3. The Morgan fingerprint density at radius 1 is 0.453 bits per heavy atom. The van der Waals surface area contributed by atoms with Gasteiger partial charge in [0.1, 0.15) is 60.3 Å². The Bertz CT molecular complexity index is 2260.